The van der Waals surface area contributed by atoms with Gasteiger partial charge in [0.15, 0.2) is 6.10 Å². The zero-order chi connectivity index (χ0) is 60.6. The minimum absolute atomic E-state index is 0.0587. The van der Waals surface area contributed by atoms with E-state index >= 15 is 0 Å². The molecule has 3 fully saturated rings. The first-order valence-corrected chi connectivity index (χ1v) is 28.5. The minimum Gasteiger partial charge on any atom is -0.481 e. The first-order valence-electron chi connectivity index (χ1n) is 28.5. The number of fused-ring (bicyclic) bond motifs is 2. The molecule has 24 heteroatoms. The minimum atomic E-state index is -1.60. The van der Waals surface area contributed by atoms with Gasteiger partial charge in [0.05, 0.1) is 6.54 Å². The summed E-state index contributed by atoms with van der Waals surface area (Å²) in [5.41, 5.74) is 6.20. The maximum atomic E-state index is 14.9. The lowest BCUT2D eigenvalue weighted by Gasteiger charge is -2.40. The van der Waals surface area contributed by atoms with Crippen LogP contribution in [0, 0.1) is 23.7 Å². The quantitative estimate of drug-likeness (QED) is 0.142. The topological polar surface area (TPSA) is 325 Å². The molecule has 3 aliphatic heterocycles. The molecule has 0 saturated carbocycles. The molecule has 3 aliphatic rings. The number of primary amides is 1. The summed E-state index contributed by atoms with van der Waals surface area (Å²) in [6.45, 7) is 13.2. The van der Waals surface area contributed by atoms with Crippen molar-refractivity contribution in [1.29, 1.82) is 0 Å². The summed E-state index contributed by atoms with van der Waals surface area (Å²) >= 11 is 0. The molecule has 4 unspecified atom stereocenters. The number of carboxylic acids is 1. The number of rotatable bonds is 14. The Morgan fingerprint density at radius 2 is 1.20 bits per heavy atom. The Bertz CT molecular complexity index is 2440. The number of hydrogen-bond donors (Lipinski definition) is 6. The number of benzene rings is 1. The molecule has 0 aliphatic carbocycles. The molecular weight excluding hydrogens is 1050 g/mol. The molecule has 7 N–H and O–H groups in total. The number of carbonyl (C=O) groups is 12. The molecule has 1 aromatic carbocycles. The fourth-order valence-electron chi connectivity index (χ4n) is 10.7. The van der Waals surface area contributed by atoms with E-state index in [2.05, 4.69) is 21.3 Å². The van der Waals surface area contributed by atoms with E-state index in [4.69, 9.17) is 10.5 Å². The molecule has 11 atom stereocenters. The Kier molecular flexibility index (Phi) is 25.1. The predicted octanol–water partition coefficient (Wildman–Crippen LogP) is 1.11. The average molecular weight is 1140 g/mol. The number of carboxylic acid groups (broad SMARTS) is 1. The summed E-state index contributed by atoms with van der Waals surface area (Å²) in [5, 5.41) is 20.8. The maximum Gasteiger partial charge on any atom is 0.329 e. The zero-order valence-corrected chi connectivity index (χ0v) is 49.1. The number of nitrogens with one attached hydrogen (secondary N) is 4. The van der Waals surface area contributed by atoms with E-state index in [1.807, 2.05) is 0 Å². The molecule has 3 heterocycles. The van der Waals surface area contributed by atoms with Gasteiger partial charge >= 0.3 is 11.9 Å². The Morgan fingerprint density at radius 1 is 0.630 bits per heavy atom. The van der Waals surface area contributed by atoms with E-state index in [1.54, 1.807) is 85.7 Å². The molecule has 0 aromatic heterocycles. The van der Waals surface area contributed by atoms with Gasteiger partial charge in [0, 0.05) is 59.4 Å². The van der Waals surface area contributed by atoms with Gasteiger partial charge in [-0.3, -0.25) is 52.7 Å². The maximum absolute atomic E-state index is 14.9. The van der Waals surface area contributed by atoms with Crippen LogP contribution in [0.4, 0.5) is 0 Å². The number of carbonyl (C=O) groups excluding carboxylic acids is 11. The first-order chi connectivity index (χ1) is 38.2. The highest BCUT2D eigenvalue weighted by molar-refractivity contribution is 5.99. The fourth-order valence-corrected chi connectivity index (χ4v) is 10.7. The van der Waals surface area contributed by atoms with Gasteiger partial charge in [0.2, 0.25) is 53.2 Å². The normalized spacial score (nSPS) is 27.0. The molecule has 81 heavy (non-hydrogen) atoms. The van der Waals surface area contributed by atoms with Crippen molar-refractivity contribution >= 4 is 71.0 Å². The number of hydrogen-bond acceptors (Lipinski definition) is 13. The van der Waals surface area contributed by atoms with Crippen LogP contribution in [-0.2, 0) is 68.7 Å². The highest BCUT2D eigenvalue weighted by Crippen LogP contribution is 2.26. The second-order valence-electron chi connectivity index (χ2n) is 22.6. The van der Waals surface area contributed by atoms with E-state index < -0.39 is 169 Å². The van der Waals surface area contributed by atoms with Crippen molar-refractivity contribution in [2.75, 3.05) is 40.8 Å². The second-order valence-corrected chi connectivity index (χ2v) is 22.6. The summed E-state index contributed by atoms with van der Waals surface area (Å²) in [5.74, 6) is -12.2. The van der Waals surface area contributed by atoms with Gasteiger partial charge in [-0.05, 0) is 74.7 Å². The number of nitrogens with two attached hydrogens (primary N) is 1. The smallest absolute Gasteiger partial charge is 0.329 e. The number of amides is 10. The number of likely N-dealkylation sites (N-methyl/N-ethyl adjacent to an activating group) is 3. The van der Waals surface area contributed by atoms with Crippen molar-refractivity contribution in [3.8, 4) is 0 Å². The summed E-state index contributed by atoms with van der Waals surface area (Å²) < 4.78 is 5.97. The lowest BCUT2D eigenvalue weighted by atomic mass is 9.93. The predicted molar refractivity (Wildman–Crippen MR) is 296 cm³/mol. The third-order valence-corrected chi connectivity index (χ3v) is 16.1. The van der Waals surface area contributed by atoms with Crippen molar-refractivity contribution < 1.29 is 67.4 Å². The summed E-state index contributed by atoms with van der Waals surface area (Å²) in [7, 11) is 3.96. The van der Waals surface area contributed by atoms with Crippen LogP contribution in [-0.4, -0.2) is 196 Å². The van der Waals surface area contributed by atoms with Crippen molar-refractivity contribution in [2.45, 2.75) is 187 Å². The third-order valence-electron chi connectivity index (χ3n) is 16.1. The van der Waals surface area contributed by atoms with E-state index in [-0.39, 0.29) is 51.6 Å². The largest absolute Gasteiger partial charge is 0.481 e. The van der Waals surface area contributed by atoms with Gasteiger partial charge in [-0.2, -0.15) is 0 Å². The summed E-state index contributed by atoms with van der Waals surface area (Å²) in [4.78, 5) is 176. The highest BCUT2D eigenvalue weighted by atomic mass is 16.6. The van der Waals surface area contributed by atoms with Crippen LogP contribution < -0.4 is 27.0 Å². The van der Waals surface area contributed by atoms with E-state index in [0.29, 0.717) is 31.2 Å². The van der Waals surface area contributed by atoms with Crippen molar-refractivity contribution in [3.05, 3.63) is 35.9 Å². The standard InChI is InChI=1S/C57H88N10O14/c1-12-34(7)46-55(78)67-28-18-17-22-40(67)51(74)61-45(32(3)4)54(77)64(10)41(25-27-44(70)71)57(80)81-48(35(8)13-2)52(75)60-37(30-36-20-15-14-16-21-36)53(76)66-29-19-23-39(66)49(72)59-31-43(69)65(11)47(33(5)6)56(79)63(9)38(50(73)62-46)24-26-42(58)68/h14-16,20-21,32-35,37-41,45-48H,12-13,17-19,22-31H2,1-11H3,(H2,58,68)(H,59,72)(H,60,75)(H,61,74)(H,62,73)(H,70,71)/t34?,35?,37-,38-,39-,40?,41-,45-,46-,47-,48?/m0/s1. The molecule has 450 valence electrons. The van der Waals surface area contributed by atoms with Crippen LogP contribution in [0.15, 0.2) is 30.3 Å². The number of ether oxygens (including phenoxy) is 1. The van der Waals surface area contributed by atoms with Crippen LogP contribution in [0.3, 0.4) is 0 Å². The number of aliphatic carboxylic acids is 1. The van der Waals surface area contributed by atoms with Crippen molar-refractivity contribution in [2.24, 2.45) is 29.4 Å². The van der Waals surface area contributed by atoms with Crippen LogP contribution in [0.5, 0.6) is 0 Å². The van der Waals surface area contributed by atoms with Gasteiger partial charge in [0.25, 0.3) is 5.91 Å². The van der Waals surface area contributed by atoms with Gasteiger partial charge in [0.1, 0.15) is 48.3 Å². The number of piperidine rings is 1. The number of esters is 1. The molecule has 4 rings (SSSR count). The SMILES string of the molecule is CCC(C)C1OC(=O)[C@H](CCC(=O)O)N(C)C(=O)[C@H](C(C)C)NC(=O)C2CCCCN2C(=O)[C@H](C(C)CC)NC(=O)[C@H](CCC(N)=O)N(C)C(=O)[C@H](C(C)C)N(C)C(=O)CNC(=O)[C@@H]2CCCN2C(=O)[C@H](Cc2ccccc2)NC1=O. The number of cyclic esters (lactones) is 1. The molecular formula is C57H88N10O14. The monoisotopic (exact) mass is 1140 g/mol. The van der Waals surface area contributed by atoms with Gasteiger partial charge < -0.3 is 61.3 Å². The Hall–Kier alpha value is -7.14. The lowest BCUT2D eigenvalue weighted by Crippen LogP contribution is -2.63. The Morgan fingerprint density at radius 3 is 1.79 bits per heavy atom. The average Bonchev–Trinajstić information content (AvgIpc) is 3.96. The van der Waals surface area contributed by atoms with Crippen molar-refractivity contribution in [3.63, 3.8) is 0 Å². The van der Waals surface area contributed by atoms with Gasteiger partial charge in [-0.25, -0.2) is 4.79 Å². The third kappa shape index (κ3) is 17.4. The highest BCUT2D eigenvalue weighted by Gasteiger charge is 2.45. The van der Waals surface area contributed by atoms with E-state index in [0.717, 1.165) is 14.7 Å². The molecule has 0 radical (unpaired) electrons. The zero-order valence-electron chi connectivity index (χ0n) is 49.1. The first kappa shape index (κ1) is 66.4. The van der Waals surface area contributed by atoms with Crippen molar-refractivity contribution in [1.82, 2.24) is 45.8 Å². The van der Waals surface area contributed by atoms with Gasteiger partial charge in [-0.1, -0.05) is 92.1 Å². The molecule has 0 spiro atoms. The molecule has 10 amide bonds. The van der Waals surface area contributed by atoms with E-state index in [9.17, 15) is 62.6 Å². The van der Waals surface area contributed by atoms with Crippen LogP contribution in [0.1, 0.15) is 132 Å². The summed E-state index contributed by atoms with van der Waals surface area (Å²) in [6.07, 6.45) is -0.910. The fraction of sp³-hybridized carbons (Fsp3) is 0.684. The van der Waals surface area contributed by atoms with Crippen LogP contribution >= 0.6 is 0 Å². The second kappa shape index (κ2) is 30.6. The molecule has 3 saturated heterocycles. The lowest BCUT2D eigenvalue weighted by molar-refractivity contribution is -0.167. The molecule has 24 nitrogen and oxygen atoms in total. The Labute approximate surface area is 475 Å². The van der Waals surface area contributed by atoms with Crippen LogP contribution in [0.2, 0.25) is 0 Å². The molecule has 0 bridgehead atoms. The Balaban J connectivity index is 1.87. The van der Waals surface area contributed by atoms with Gasteiger partial charge in [-0.15, -0.1) is 0 Å². The summed E-state index contributed by atoms with van der Waals surface area (Å²) in [6, 6.07) is -1.65. The van der Waals surface area contributed by atoms with E-state index in [1.165, 1.54) is 30.9 Å². The number of nitrogens with zero attached hydrogens (tertiary/aromatic N) is 5. The van der Waals surface area contributed by atoms with Crippen LogP contribution in [0.25, 0.3) is 0 Å². The molecule has 1 aromatic rings.